The van der Waals surface area contributed by atoms with Gasteiger partial charge in [-0.1, -0.05) is 67.6 Å². The van der Waals surface area contributed by atoms with E-state index >= 15 is 0 Å². The number of amides is 1. The molecule has 0 saturated heterocycles. The second-order valence-corrected chi connectivity index (χ2v) is 6.32. The molecule has 0 radical (unpaired) electrons. The minimum atomic E-state index is -0.341. The molecule has 2 N–H and O–H groups in total. The van der Waals surface area contributed by atoms with Gasteiger partial charge in [-0.05, 0) is 42.7 Å². The van der Waals surface area contributed by atoms with Gasteiger partial charge < -0.3 is 10.6 Å². The molecular formula is C23H24N2O. The molecule has 3 aromatic rings. The van der Waals surface area contributed by atoms with Crippen molar-refractivity contribution < 1.29 is 4.79 Å². The second-order valence-electron chi connectivity index (χ2n) is 6.32. The van der Waals surface area contributed by atoms with Crippen molar-refractivity contribution in [2.45, 2.75) is 26.3 Å². The fourth-order valence-corrected chi connectivity index (χ4v) is 2.85. The highest BCUT2D eigenvalue weighted by Gasteiger charge is 2.15. The van der Waals surface area contributed by atoms with Gasteiger partial charge in [0.05, 0.1) is 0 Å². The summed E-state index contributed by atoms with van der Waals surface area (Å²) in [5, 5.41) is 6.31. The molecule has 1 amide bonds. The number of carbonyl (C=O) groups is 1. The Morgan fingerprint density at radius 1 is 0.885 bits per heavy atom. The van der Waals surface area contributed by atoms with Crippen molar-refractivity contribution in [2.75, 3.05) is 10.6 Å². The zero-order chi connectivity index (χ0) is 18.4. The molecule has 0 bridgehead atoms. The lowest BCUT2D eigenvalue weighted by Crippen LogP contribution is -2.32. The fourth-order valence-electron chi connectivity index (χ4n) is 2.85. The van der Waals surface area contributed by atoms with E-state index in [4.69, 9.17) is 0 Å². The van der Waals surface area contributed by atoms with E-state index in [2.05, 4.69) is 29.7 Å². The van der Waals surface area contributed by atoms with E-state index in [1.54, 1.807) is 0 Å². The monoisotopic (exact) mass is 344 g/mol. The van der Waals surface area contributed by atoms with Crippen molar-refractivity contribution in [1.82, 2.24) is 0 Å². The van der Waals surface area contributed by atoms with Crippen LogP contribution >= 0.6 is 0 Å². The van der Waals surface area contributed by atoms with Gasteiger partial charge in [0.25, 0.3) is 0 Å². The van der Waals surface area contributed by atoms with Gasteiger partial charge in [0.1, 0.15) is 6.04 Å². The predicted molar refractivity (Wildman–Crippen MR) is 109 cm³/mol. The first kappa shape index (κ1) is 17.7. The van der Waals surface area contributed by atoms with Crippen molar-refractivity contribution in [3.8, 4) is 11.1 Å². The Balaban J connectivity index is 1.71. The van der Waals surface area contributed by atoms with Gasteiger partial charge in [-0.25, -0.2) is 0 Å². The molecule has 0 fully saturated rings. The van der Waals surface area contributed by atoms with Crippen LogP contribution < -0.4 is 10.6 Å². The number of hydrogen-bond donors (Lipinski definition) is 2. The smallest absolute Gasteiger partial charge is 0.246 e. The molecule has 0 aliphatic carbocycles. The normalized spacial score (nSPS) is 11.6. The van der Waals surface area contributed by atoms with Crippen LogP contribution in [-0.2, 0) is 11.2 Å². The molecule has 0 spiro atoms. The Morgan fingerprint density at radius 2 is 1.54 bits per heavy atom. The Hall–Kier alpha value is -3.07. The molecule has 0 heterocycles. The second kappa shape index (κ2) is 8.34. The van der Waals surface area contributed by atoms with Gasteiger partial charge in [0.2, 0.25) is 5.91 Å². The number of nitrogens with one attached hydrogen (secondary N) is 2. The molecule has 0 aliphatic rings. The van der Waals surface area contributed by atoms with Gasteiger partial charge in [0.15, 0.2) is 0 Å². The minimum Gasteiger partial charge on any atom is -0.374 e. The number of anilines is 2. The molecule has 0 unspecified atom stereocenters. The zero-order valence-corrected chi connectivity index (χ0v) is 15.2. The van der Waals surface area contributed by atoms with Gasteiger partial charge in [0, 0.05) is 16.9 Å². The third-order valence-corrected chi connectivity index (χ3v) is 4.41. The van der Waals surface area contributed by atoms with Gasteiger partial charge in [-0.3, -0.25) is 4.79 Å². The van der Waals surface area contributed by atoms with E-state index in [1.807, 2.05) is 73.7 Å². The maximum absolute atomic E-state index is 12.6. The van der Waals surface area contributed by atoms with Crippen LogP contribution in [-0.4, -0.2) is 11.9 Å². The Morgan fingerprint density at radius 3 is 2.23 bits per heavy atom. The van der Waals surface area contributed by atoms with Crippen LogP contribution in [0.15, 0.2) is 78.9 Å². The first-order valence-electron chi connectivity index (χ1n) is 8.98. The summed E-state index contributed by atoms with van der Waals surface area (Å²) in [6.07, 6.45) is 1.01. The Labute approximate surface area is 155 Å². The van der Waals surface area contributed by atoms with Gasteiger partial charge >= 0.3 is 0 Å². The molecule has 0 aromatic heterocycles. The minimum absolute atomic E-state index is 0.0621. The Bertz CT molecular complexity index is 857. The Kier molecular flexibility index (Phi) is 5.69. The number of aryl methyl sites for hydroxylation is 1. The highest BCUT2D eigenvalue weighted by molar-refractivity contribution is 5.99. The lowest BCUT2D eigenvalue weighted by molar-refractivity contribution is -0.116. The average molecular weight is 344 g/mol. The van der Waals surface area contributed by atoms with Crippen molar-refractivity contribution in [1.29, 1.82) is 0 Å². The van der Waals surface area contributed by atoms with E-state index in [-0.39, 0.29) is 11.9 Å². The molecule has 3 nitrogen and oxygen atoms in total. The standard InChI is InChI=1S/C23H24N2O/c1-3-18-13-15-20(16-14-18)24-17(2)23(26)25-22-12-8-7-11-21(22)19-9-5-4-6-10-19/h4-17,24H,3H2,1-2H3,(H,25,26)/t17-/m1/s1. The topological polar surface area (TPSA) is 41.1 Å². The van der Waals surface area contributed by atoms with Gasteiger partial charge in [-0.15, -0.1) is 0 Å². The number of benzene rings is 3. The lowest BCUT2D eigenvalue weighted by Gasteiger charge is -2.17. The first-order valence-corrected chi connectivity index (χ1v) is 8.98. The number of rotatable bonds is 6. The van der Waals surface area contributed by atoms with Crippen LogP contribution in [0.2, 0.25) is 0 Å². The summed E-state index contributed by atoms with van der Waals surface area (Å²) >= 11 is 0. The first-order chi connectivity index (χ1) is 12.7. The summed E-state index contributed by atoms with van der Waals surface area (Å²) in [7, 11) is 0. The SMILES string of the molecule is CCc1ccc(N[C@H](C)C(=O)Nc2ccccc2-c2ccccc2)cc1. The third kappa shape index (κ3) is 4.31. The number of hydrogen-bond acceptors (Lipinski definition) is 2. The molecule has 3 rings (SSSR count). The van der Waals surface area contributed by atoms with Crippen molar-refractivity contribution in [3.05, 3.63) is 84.4 Å². The number of carbonyl (C=O) groups excluding carboxylic acids is 1. The summed E-state index contributed by atoms with van der Waals surface area (Å²) in [5.74, 6) is -0.0621. The van der Waals surface area contributed by atoms with E-state index in [9.17, 15) is 4.79 Å². The molecule has 132 valence electrons. The molecule has 3 heteroatoms. The zero-order valence-electron chi connectivity index (χ0n) is 15.2. The van der Waals surface area contributed by atoms with Crippen molar-refractivity contribution in [3.63, 3.8) is 0 Å². The lowest BCUT2D eigenvalue weighted by atomic mass is 10.0. The van der Waals surface area contributed by atoms with E-state index in [0.717, 1.165) is 28.9 Å². The fraction of sp³-hybridized carbons (Fsp3) is 0.174. The maximum Gasteiger partial charge on any atom is 0.246 e. The molecule has 0 saturated carbocycles. The maximum atomic E-state index is 12.6. The summed E-state index contributed by atoms with van der Waals surface area (Å²) in [6.45, 7) is 4.00. The van der Waals surface area contributed by atoms with Crippen LogP contribution in [0.1, 0.15) is 19.4 Å². The van der Waals surface area contributed by atoms with Crippen LogP contribution in [0.3, 0.4) is 0 Å². The molecule has 3 aromatic carbocycles. The van der Waals surface area contributed by atoms with Gasteiger partial charge in [-0.2, -0.15) is 0 Å². The van der Waals surface area contributed by atoms with E-state index in [1.165, 1.54) is 5.56 Å². The van der Waals surface area contributed by atoms with Crippen molar-refractivity contribution in [2.24, 2.45) is 0 Å². The summed E-state index contributed by atoms with van der Waals surface area (Å²) in [5.41, 5.74) is 5.14. The summed E-state index contributed by atoms with van der Waals surface area (Å²) in [6, 6.07) is 25.8. The summed E-state index contributed by atoms with van der Waals surface area (Å²) in [4.78, 5) is 12.6. The third-order valence-electron chi connectivity index (χ3n) is 4.41. The largest absolute Gasteiger partial charge is 0.374 e. The summed E-state index contributed by atoms with van der Waals surface area (Å²) < 4.78 is 0. The number of para-hydroxylation sites is 1. The quantitative estimate of drug-likeness (QED) is 0.632. The highest BCUT2D eigenvalue weighted by atomic mass is 16.2. The highest BCUT2D eigenvalue weighted by Crippen LogP contribution is 2.27. The molecular weight excluding hydrogens is 320 g/mol. The van der Waals surface area contributed by atoms with Crippen LogP contribution in [0.25, 0.3) is 11.1 Å². The molecule has 26 heavy (non-hydrogen) atoms. The van der Waals surface area contributed by atoms with Crippen LogP contribution in [0.4, 0.5) is 11.4 Å². The molecule has 0 aliphatic heterocycles. The van der Waals surface area contributed by atoms with E-state index in [0.29, 0.717) is 0 Å². The molecule has 1 atom stereocenters. The average Bonchev–Trinajstić information content (AvgIpc) is 2.69. The predicted octanol–water partition coefficient (Wildman–Crippen LogP) is 5.36. The van der Waals surface area contributed by atoms with E-state index < -0.39 is 0 Å². The van der Waals surface area contributed by atoms with Crippen molar-refractivity contribution >= 4 is 17.3 Å². The van der Waals surface area contributed by atoms with Crippen LogP contribution in [0.5, 0.6) is 0 Å². The van der Waals surface area contributed by atoms with Crippen LogP contribution in [0, 0.1) is 0 Å².